The van der Waals surface area contributed by atoms with Gasteiger partial charge in [0.1, 0.15) is 18.7 Å². The summed E-state index contributed by atoms with van der Waals surface area (Å²) in [5, 5.41) is 17.0. The van der Waals surface area contributed by atoms with Gasteiger partial charge in [-0.3, -0.25) is 14.4 Å². The Morgan fingerprint density at radius 1 is 1.12 bits per heavy atom. The molecule has 0 radical (unpaired) electrons. The standard InChI is InChI=1S/C16H20N2O7/c1-9(14(20)21)12(13(19)17-10(2)15(22)23)18-16(24)25-8-11-6-4-3-5-7-11/h3-7,9-10,12H,8H2,1-2H3,(H,17,19)(H,18,24)(H,20,21)(H,22,23)/t9?,10-,12-/m0/s1/i/hD. The second kappa shape index (κ2) is 9.26. The van der Waals surface area contributed by atoms with Crippen LogP contribution in [0.5, 0.6) is 0 Å². The van der Waals surface area contributed by atoms with Gasteiger partial charge in [-0.1, -0.05) is 30.3 Å². The van der Waals surface area contributed by atoms with Crippen LogP contribution >= 0.6 is 0 Å². The third kappa shape index (κ3) is 6.50. The van der Waals surface area contributed by atoms with Crippen LogP contribution in [0.15, 0.2) is 30.3 Å². The van der Waals surface area contributed by atoms with Crippen LogP contribution in [0.3, 0.4) is 0 Å². The summed E-state index contributed by atoms with van der Waals surface area (Å²) in [6.07, 6.45) is -0.985. The van der Waals surface area contributed by atoms with Crippen molar-refractivity contribution in [2.75, 3.05) is 0 Å². The molecule has 9 heteroatoms. The second-order valence-corrected chi connectivity index (χ2v) is 5.36. The summed E-state index contributed by atoms with van der Waals surface area (Å²) >= 11 is 0. The van der Waals surface area contributed by atoms with E-state index >= 15 is 0 Å². The minimum Gasteiger partial charge on any atom is -0.481 e. The van der Waals surface area contributed by atoms with Crippen molar-refractivity contribution in [1.29, 1.82) is 1.43 Å². The van der Waals surface area contributed by atoms with Gasteiger partial charge in [0, 0.05) is 0 Å². The third-order valence-electron chi connectivity index (χ3n) is 3.37. The highest BCUT2D eigenvalue weighted by Crippen LogP contribution is 2.06. The number of ether oxygens (including phenoxy) is 1. The zero-order valence-electron chi connectivity index (χ0n) is 14.7. The second-order valence-electron chi connectivity index (χ2n) is 5.36. The van der Waals surface area contributed by atoms with Crippen molar-refractivity contribution in [3.63, 3.8) is 0 Å². The number of amides is 2. The molecular weight excluding hydrogens is 332 g/mol. The summed E-state index contributed by atoms with van der Waals surface area (Å²) in [6.45, 7) is 2.41. The van der Waals surface area contributed by atoms with E-state index in [9.17, 15) is 19.2 Å². The van der Waals surface area contributed by atoms with Crippen LogP contribution in [0.25, 0.3) is 1.43 Å². The zero-order chi connectivity index (χ0) is 19.7. The summed E-state index contributed by atoms with van der Waals surface area (Å²) in [5.41, 5.74) is 0.710. The van der Waals surface area contributed by atoms with E-state index in [1.54, 1.807) is 30.3 Å². The highest BCUT2D eigenvalue weighted by Gasteiger charge is 2.33. The molecule has 0 aliphatic rings. The van der Waals surface area contributed by atoms with Crippen molar-refractivity contribution in [1.82, 2.24) is 10.6 Å². The van der Waals surface area contributed by atoms with Gasteiger partial charge in [-0.05, 0) is 19.4 Å². The fourth-order valence-corrected chi connectivity index (χ4v) is 1.81. The van der Waals surface area contributed by atoms with Crippen LogP contribution in [0.1, 0.15) is 19.4 Å². The number of carbonyl (C=O) groups excluding carboxylic acids is 2. The molecule has 1 aromatic carbocycles. The first kappa shape index (κ1) is 18.2. The number of aliphatic carboxylic acids is 2. The average molecular weight is 353 g/mol. The summed E-state index contributed by atoms with van der Waals surface area (Å²) in [4.78, 5) is 46.5. The Hall–Kier alpha value is -3.10. The quantitative estimate of drug-likeness (QED) is 0.536. The molecule has 0 bridgehead atoms. The van der Waals surface area contributed by atoms with E-state index < -0.39 is 41.9 Å². The van der Waals surface area contributed by atoms with Gasteiger partial charge in [-0.25, -0.2) is 4.79 Å². The van der Waals surface area contributed by atoms with E-state index in [1.807, 2.05) is 0 Å². The molecule has 3 atom stereocenters. The number of hydrogen-bond donors (Lipinski definition) is 4. The minimum atomic E-state index is -1.47. The van der Waals surface area contributed by atoms with Crippen molar-refractivity contribution in [3.05, 3.63) is 35.9 Å². The van der Waals surface area contributed by atoms with Gasteiger partial charge in [0.05, 0.1) is 5.92 Å². The van der Waals surface area contributed by atoms with Crippen LogP contribution < -0.4 is 10.6 Å². The molecule has 1 rings (SSSR count). The van der Waals surface area contributed by atoms with Gasteiger partial charge < -0.3 is 25.6 Å². The van der Waals surface area contributed by atoms with Gasteiger partial charge in [0.15, 0.2) is 0 Å². The van der Waals surface area contributed by atoms with Gasteiger partial charge in [-0.2, -0.15) is 0 Å². The minimum absolute atomic E-state index is 0.0657. The van der Waals surface area contributed by atoms with Crippen molar-refractivity contribution in [2.24, 2.45) is 5.92 Å². The topological polar surface area (TPSA) is 142 Å². The molecule has 0 aromatic heterocycles. The fourth-order valence-electron chi connectivity index (χ4n) is 1.81. The molecule has 4 N–H and O–H groups in total. The van der Waals surface area contributed by atoms with Crippen molar-refractivity contribution >= 4 is 23.9 Å². The first-order valence-corrected chi connectivity index (χ1v) is 7.43. The number of carboxylic acids is 2. The third-order valence-corrected chi connectivity index (χ3v) is 3.37. The first-order valence-electron chi connectivity index (χ1n) is 7.84. The van der Waals surface area contributed by atoms with Crippen LogP contribution in [0.2, 0.25) is 0 Å². The van der Waals surface area contributed by atoms with E-state index in [1.165, 1.54) is 13.8 Å². The Morgan fingerprint density at radius 3 is 2.32 bits per heavy atom. The lowest BCUT2D eigenvalue weighted by Gasteiger charge is -2.22. The van der Waals surface area contributed by atoms with Gasteiger partial charge in [0.2, 0.25) is 5.91 Å². The van der Waals surface area contributed by atoms with Crippen molar-refractivity contribution in [3.8, 4) is 0 Å². The molecular formula is C16H20N2O7. The van der Waals surface area contributed by atoms with Crippen LogP contribution in [0, 0.1) is 5.92 Å². The van der Waals surface area contributed by atoms with E-state index in [0.29, 0.717) is 5.56 Å². The van der Waals surface area contributed by atoms with Gasteiger partial charge in [0.25, 0.3) is 1.43 Å². The first-order chi connectivity index (χ1) is 12.3. The van der Waals surface area contributed by atoms with E-state index in [0.717, 1.165) is 0 Å². The summed E-state index contributed by atoms with van der Waals surface area (Å²) in [7, 11) is 0. The molecule has 9 nitrogen and oxygen atoms in total. The van der Waals surface area contributed by atoms with E-state index in [4.69, 9.17) is 11.3 Å². The van der Waals surface area contributed by atoms with E-state index in [2.05, 4.69) is 15.7 Å². The molecule has 136 valence electrons. The lowest BCUT2D eigenvalue weighted by molar-refractivity contribution is -0.145. The fraction of sp³-hybridized carbons (Fsp3) is 0.375. The molecule has 0 aliphatic carbocycles. The monoisotopic (exact) mass is 353 g/mol. The zero-order valence-corrected chi connectivity index (χ0v) is 13.7. The number of carbonyl (C=O) groups is 4. The Labute approximate surface area is 145 Å². The molecule has 25 heavy (non-hydrogen) atoms. The Kier molecular flexibility index (Phi) is 6.76. The Balaban J connectivity index is 2.77. The van der Waals surface area contributed by atoms with E-state index in [-0.39, 0.29) is 6.61 Å². The maximum absolute atomic E-state index is 12.2. The van der Waals surface area contributed by atoms with Crippen molar-refractivity contribution < 1.29 is 34.1 Å². The maximum Gasteiger partial charge on any atom is 0.408 e. The SMILES string of the molecule is [2H]OC(=O)C(C)[C@H](NC(=O)OCc1ccccc1)C(=O)N[C@@H](C)C(=O)O. The highest BCUT2D eigenvalue weighted by molar-refractivity contribution is 5.92. The smallest absolute Gasteiger partial charge is 0.408 e. The predicted octanol–water partition coefficient (Wildman–Crippen LogP) is 0.591. The number of hydrogen-bond acceptors (Lipinski definition) is 6. The number of nitrogens with one attached hydrogen (secondary N) is 2. The van der Waals surface area contributed by atoms with Gasteiger partial charge >= 0.3 is 18.0 Å². The lowest BCUT2D eigenvalue weighted by atomic mass is 10.0. The van der Waals surface area contributed by atoms with Crippen LogP contribution in [0.4, 0.5) is 4.79 Å². The largest absolute Gasteiger partial charge is 0.481 e. The average Bonchev–Trinajstić information content (AvgIpc) is 2.63. The number of alkyl carbamates (subject to hydrolysis) is 1. The number of carboxylic acid groups (broad SMARTS) is 2. The summed E-state index contributed by atoms with van der Waals surface area (Å²) in [6, 6.07) is 6.04. The highest BCUT2D eigenvalue weighted by atomic mass is 16.5. The van der Waals surface area contributed by atoms with Gasteiger partial charge in [-0.15, -0.1) is 0 Å². The summed E-state index contributed by atoms with van der Waals surface area (Å²) < 4.78 is 11.6. The molecule has 2 amide bonds. The van der Waals surface area contributed by atoms with Crippen LogP contribution in [-0.2, 0) is 25.7 Å². The summed E-state index contributed by atoms with van der Waals surface area (Å²) in [5.74, 6) is -4.52. The number of rotatable bonds is 8. The molecule has 0 saturated carbocycles. The molecule has 0 fully saturated rings. The number of benzene rings is 1. The molecule has 1 unspecified atom stereocenters. The lowest BCUT2D eigenvalue weighted by Crippen LogP contribution is -2.54. The molecule has 0 heterocycles. The Morgan fingerprint density at radius 2 is 1.76 bits per heavy atom. The maximum atomic E-state index is 12.2. The molecule has 0 saturated heterocycles. The molecule has 1 aromatic rings. The molecule has 0 aliphatic heterocycles. The Bertz CT molecular complexity index is 653. The van der Waals surface area contributed by atoms with Crippen LogP contribution in [-0.4, -0.2) is 46.2 Å². The molecule has 0 spiro atoms. The normalized spacial score (nSPS) is 14.2. The van der Waals surface area contributed by atoms with Crippen molar-refractivity contribution in [2.45, 2.75) is 32.5 Å². The predicted molar refractivity (Wildman–Crippen MR) is 85.6 cm³/mol.